The molecule has 0 unspecified atom stereocenters. The Balaban J connectivity index is 2.34. The first-order chi connectivity index (χ1) is 8.06. The summed E-state index contributed by atoms with van der Waals surface area (Å²) in [7, 11) is 0. The molecule has 0 spiro atoms. The number of rotatable bonds is 2. The Morgan fingerprint density at radius 3 is 2.47 bits per heavy atom. The molecule has 3 N–H and O–H groups in total. The van der Waals surface area contributed by atoms with Crippen molar-refractivity contribution in [2.45, 2.75) is 13.8 Å². The Kier molecular flexibility index (Phi) is 3.57. The van der Waals surface area contributed by atoms with Gasteiger partial charge in [0.15, 0.2) is 0 Å². The lowest BCUT2D eigenvalue weighted by molar-refractivity contribution is 1.38. The molecule has 0 heterocycles. The van der Waals surface area contributed by atoms with Gasteiger partial charge >= 0.3 is 0 Å². The lowest BCUT2D eigenvalue weighted by Crippen LogP contribution is -1.98. The molecule has 0 aliphatic heterocycles. The minimum atomic E-state index is 0.776. The van der Waals surface area contributed by atoms with Crippen LogP contribution in [0, 0.1) is 17.4 Å². The molecule has 2 aromatic carbocycles. The fourth-order valence-electron chi connectivity index (χ4n) is 1.66. The predicted octanol–water partition coefficient (Wildman–Crippen LogP) is 4.23. The van der Waals surface area contributed by atoms with Gasteiger partial charge in [0.1, 0.15) is 0 Å². The van der Waals surface area contributed by atoms with E-state index < -0.39 is 0 Å². The Labute approximate surface area is 115 Å². The first-order valence-corrected chi connectivity index (χ1v) is 6.53. The highest BCUT2D eigenvalue weighted by Crippen LogP contribution is 2.27. The molecule has 0 amide bonds. The maximum atomic E-state index is 5.99. The summed E-state index contributed by atoms with van der Waals surface area (Å²) in [4.78, 5) is 0. The smallest absolute Gasteiger partial charge is 0.0618 e. The zero-order valence-corrected chi connectivity index (χ0v) is 12.1. The largest absolute Gasteiger partial charge is 0.397 e. The van der Waals surface area contributed by atoms with E-state index >= 15 is 0 Å². The Bertz CT molecular complexity index is 550. The third-order valence-corrected chi connectivity index (χ3v) is 3.35. The molecule has 0 radical (unpaired) electrons. The molecule has 2 rings (SSSR count). The molecule has 0 atom stereocenters. The van der Waals surface area contributed by atoms with Crippen molar-refractivity contribution in [1.82, 2.24) is 0 Å². The molecule has 2 nitrogen and oxygen atoms in total. The Hall–Kier alpha value is -1.23. The number of halogens is 1. The van der Waals surface area contributed by atoms with E-state index in [9.17, 15) is 0 Å². The van der Waals surface area contributed by atoms with E-state index in [-0.39, 0.29) is 0 Å². The summed E-state index contributed by atoms with van der Waals surface area (Å²) < 4.78 is 1.15. The van der Waals surface area contributed by atoms with E-state index in [2.05, 4.69) is 60.0 Å². The van der Waals surface area contributed by atoms with E-state index in [1.165, 1.54) is 11.1 Å². The predicted molar refractivity (Wildman–Crippen MR) is 82.8 cm³/mol. The minimum Gasteiger partial charge on any atom is -0.397 e. The van der Waals surface area contributed by atoms with E-state index in [1.807, 2.05) is 18.2 Å². The van der Waals surface area contributed by atoms with E-state index in [4.69, 9.17) is 5.73 Å². The lowest BCUT2D eigenvalue weighted by atomic mass is 10.1. The average molecular weight is 338 g/mol. The first-order valence-electron chi connectivity index (χ1n) is 5.45. The third kappa shape index (κ3) is 2.91. The summed E-state index contributed by atoms with van der Waals surface area (Å²) in [5.74, 6) is 0. The normalized spacial score (nSPS) is 10.3. The number of hydrogen-bond donors (Lipinski definition) is 2. The zero-order valence-electron chi connectivity index (χ0n) is 9.92. The molecule has 88 valence electrons. The van der Waals surface area contributed by atoms with Crippen LogP contribution in [0.1, 0.15) is 11.1 Å². The first kappa shape index (κ1) is 12.2. The Morgan fingerprint density at radius 2 is 1.76 bits per heavy atom. The van der Waals surface area contributed by atoms with Gasteiger partial charge in [-0.1, -0.05) is 12.1 Å². The number of benzene rings is 2. The highest BCUT2D eigenvalue weighted by Gasteiger charge is 2.03. The van der Waals surface area contributed by atoms with Crippen molar-refractivity contribution in [3.8, 4) is 0 Å². The van der Waals surface area contributed by atoms with Crippen molar-refractivity contribution in [3.05, 3.63) is 51.1 Å². The molecule has 0 fully saturated rings. The number of nitrogen functional groups attached to an aromatic ring is 1. The van der Waals surface area contributed by atoms with Gasteiger partial charge in [0.05, 0.1) is 11.4 Å². The van der Waals surface area contributed by atoms with Crippen LogP contribution in [0.5, 0.6) is 0 Å². The molecular weight excluding hydrogens is 323 g/mol. The van der Waals surface area contributed by atoms with Crippen LogP contribution >= 0.6 is 22.6 Å². The maximum absolute atomic E-state index is 5.99. The minimum absolute atomic E-state index is 0.776. The van der Waals surface area contributed by atoms with Crippen molar-refractivity contribution < 1.29 is 0 Å². The fourth-order valence-corrected chi connectivity index (χ4v) is 2.18. The SMILES string of the molecule is Cc1ccc(C)c(Nc2ccc(I)cc2N)c1. The quantitative estimate of drug-likeness (QED) is 0.635. The second-order valence-electron chi connectivity index (χ2n) is 4.17. The number of hydrogen-bond acceptors (Lipinski definition) is 2. The standard InChI is InChI=1S/C14H15IN2/c1-9-3-4-10(2)14(7-9)17-13-6-5-11(15)8-12(13)16/h3-8,17H,16H2,1-2H3. The average Bonchev–Trinajstić information content (AvgIpc) is 2.27. The second-order valence-corrected chi connectivity index (χ2v) is 5.42. The number of anilines is 3. The van der Waals surface area contributed by atoms with Gasteiger partial charge < -0.3 is 11.1 Å². The second kappa shape index (κ2) is 4.96. The van der Waals surface area contributed by atoms with Crippen LogP contribution in [0.4, 0.5) is 17.1 Å². The summed E-state index contributed by atoms with van der Waals surface area (Å²) in [6, 6.07) is 12.4. The van der Waals surface area contributed by atoms with Gasteiger partial charge in [-0.2, -0.15) is 0 Å². The topological polar surface area (TPSA) is 38.0 Å². The van der Waals surface area contributed by atoms with Crippen molar-refractivity contribution in [3.63, 3.8) is 0 Å². The van der Waals surface area contributed by atoms with Gasteiger partial charge in [-0.15, -0.1) is 0 Å². The van der Waals surface area contributed by atoms with Crippen molar-refractivity contribution in [2.24, 2.45) is 0 Å². The summed E-state index contributed by atoms with van der Waals surface area (Å²) in [5, 5.41) is 3.38. The van der Waals surface area contributed by atoms with Crippen molar-refractivity contribution >= 4 is 39.7 Å². The molecule has 0 aromatic heterocycles. The maximum Gasteiger partial charge on any atom is 0.0618 e. The van der Waals surface area contributed by atoms with Gasteiger partial charge in [-0.25, -0.2) is 0 Å². The fraction of sp³-hybridized carbons (Fsp3) is 0.143. The summed E-state index contributed by atoms with van der Waals surface area (Å²) in [5.41, 5.74) is 11.3. The van der Waals surface area contributed by atoms with Crippen molar-refractivity contribution in [2.75, 3.05) is 11.1 Å². The third-order valence-electron chi connectivity index (χ3n) is 2.68. The summed E-state index contributed by atoms with van der Waals surface area (Å²) in [6.07, 6.45) is 0. The van der Waals surface area contributed by atoms with Crippen LogP contribution in [0.15, 0.2) is 36.4 Å². The van der Waals surface area contributed by atoms with Gasteiger partial charge in [0.25, 0.3) is 0 Å². The molecule has 2 aromatic rings. The Morgan fingerprint density at radius 1 is 1.00 bits per heavy atom. The van der Waals surface area contributed by atoms with Crippen LogP contribution in [0.3, 0.4) is 0 Å². The monoisotopic (exact) mass is 338 g/mol. The molecule has 0 bridgehead atoms. The highest BCUT2D eigenvalue weighted by atomic mass is 127. The van der Waals surface area contributed by atoms with Crippen LogP contribution in [0.25, 0.3) is 0 Å². The van der Waals surface area contributed by atoms with Gasteiger partial charge in [-0.3, -0.25) is 0 Å². The molecule has 0 saturated heterocycles. The molecule has 0 aliphatic carbocycles. The van der Waals surface area contributed by atoms with Crippen LogP contribution in [-0.4, -0.2) is 0 Å². The highest BCUT2D eigenvalue weighted by molar-refractivity contribution is 14.1. The molecule has 0 aliphatic rings. The number of nitrogens with one attached hydrogen (secondary N) is 1. The van der Waals surface area contributed by atoms with Crippen LogP contribution in [-0.2, 0) is 0 Å². The molecule has 3 heteroatoms. The van der Waals surface area contributed by atoms with E-state index in [0.717, 1.165) is 20.6 Å². The van der Waals surface area contributed by atoms with E-state index in [0.29, 0.717) is 0 Å². The number of aryl methyl sites for hydroxylation is 2. The van der Waals surface area contributed by atoms with Gasteiger partial charge in [0, 0.05) is 9.26 Å². The zero-order chi connectivity index (χ0) is 12.4. The van der Waals surface area contributed by atoms with Crippen LogP contribution in [0.2, 0.25) is 0 Å². The van der Waals surface area contributed by atoms with Crippen LogP contribution < -0.4 is 11.1 Å². The van der Waals surface area contributed by atoms with Gasteiger partial charge in [-0.05, 0) is 71.8 Å². The number of nitrogens with two attached hydrogens (primary N) is 1. The van der Waals surface area contributed by atoms with Gasteiger partial charge in [0.2, 0.25) is 0 Å². The lowest BCUT2D eigenvalue weighted by Gasteiger charge is -2.12. The summed E-state index contributed by atoms with van der Waals surface area (Å²) >= 11 is 2.26. The van der Waals surface area contributed by atoms with Crippen molar-refractivity contribution in [1.29, 1.82) is 0 Å². The molecular formula is C14H15IN2. The summed E-state index contributed by atoms with van der Waals surface area (Å²) in [6.45, 7) is 4.17. The molecule has 0 saturated carbocycles. The van der Waals surface area contributed by atoms with E-state index in [1.54, 1.807) is 0 Å². The molecule has 17 heavy (non-hydrogen) atoms.